The third-order valence-corrected chi connectivity index (χ3v) is 8.33. The Morgan fingerprint density at radius 1 is 0.925 bits per heavy atom. The second-order valence-electron chi connectivity index (χ2n) is 10.9. The van der Waals surface area contributed by atoms with E-state index in [1.165, 1.54) is 17.0 Å². The zero-order chi connectivity index (χ0) is 29.7. The molecule has 0 aliphatic heterocycles. The van der Waals surface area contributed by atoms with Gasteiger partial charge in [0.15, 0.2) is 0 Å². The number of rotatable bonds is 10. The third kappa shape index (κ3) is 7.63. The largest absolute Gasteiger partial charge is 0.497 e. The molecular formula is C31H39N3O5S. The standard InChI is InChI=1S/C31H39N3O5S/c1-22-16-17-26(18-23(22)2)34(40(37,38)28-14-9-8-10-15-28)21-29(35)33(24(3)30(36)32-31(4,5)6)20-25-12-11-13-27(19-25)39-7/h8-19,24H,20-21H2,1-7H3,(H,32,36). The maximum Gasteiger partial charge on any atom is 0.264 e. The van der Waals surface area contributed by atoms with Crippen molar-refractivity contribution in [1.82, 2.24) is 10.2 Å². The summed E-state index contributed by atoms with van der Waals surface area (Å²) in [6.07, 6.45) is 0. The van der Waals surface area contributed by atoms with Crippen LogP contribution in [0, 0.1) is 13.8 Å². The number of hydrogen-bond donors (Lipinski definition) is 1. The molecular weight excluding hydrogens is 526 g/mol. The predicted octanol–water partition coefficient (Wildman–Crippen LogP) is 4.84. The highest BCUT2D eigenvalue weighted by atomic mass is 32.2. The van der Waals surface area contributed by atoms with Crippen LogP contribution >= 0.6 is 0 Å². The summed E-state index contributed by atoms with van der Waals surface area (Å²) in [4.78, 5) is 28.7. The molecule has 3 aromatic carbocycles. The van der Waals surface area contributed by atoms with Crippen LogP contribution in [0.15, 0.2) is 77.7 Å². The van der Waals surface area contributed by atoms with Crippen LogP contribution in [-0.4, -0.2) is 50.4 Å². The molecule has 214 valence electrons. The summed E-state index contributed by atoms with van der Waals surface area (Å²) in [6, 6.07) is 19.6. The van der Waals surface area contributed by atoms with Crippen LogP contribution in [-0.2, 0) is 26.2 Å². The lowest BCUT2D eigenvalue weighted by Crippen LogP contribution is -2.54. The average molecular weight is 566 g/mol. The lowest BCUT2D eigenvalue weighted by atomic mass is 10.1. The van der Waals surface area contributed by atoms with Crippen molar-refractivity contribution in [3.8, 4) is 5.75 Å². The van der Waals surface area contributed by atoms with Crippen molar-refractivity contribution in [2.45, 2.75) is 64.6 Å². The third-order valence-electron chi connectivity index (χ3n) is 6.54. The Morgan fingerprint density at radius 3 is 2.20 bits per heavy atom. The molecule has 1 atom stereocenters. The lowest BCUT2D eigenvalue weighted by Gasteiger charge is -2.33. The number of nitrogens with zero attached hydrogens (tertiary/aromatic N) is 2. The van der Waals surface area contributed by atoms with Gasteiger partial charge < -0.3 is 15.0 Å². The molecule has 9 heteroatoms. The lowest BCUT2D eigenvalue weighted by molar-refractivity contribution is -0.140. The van der Waals surface area contributed by atoms with E-state index < -0.39 is 34.1 Å². The van der Waals surface area contributed by atoms with Crippen LogP contribution in [0.2, 0.25) is 0 Å². The Bertz CT molecular complexity index is 1450. The maximum atomic E-state index is 14.0. The second kappa shape index (κ2) is 12.6. The molecule has 0 aromatic heterocycles. The number of aryl methyl sites for hydroxylation is 2. The molecule has 1 unspecified atom stereocenters. The summed E-state index contributed by atoms with van der Waals surface area (Å²) in [5.74, 6) is -0.246. The quantitative estimate of drug-likeness (QED) is 0.380. The van der Waals surface area contributed by atoms with Crippen molar-refractivity contribution in [3.05, 3.63) is 89.5 Å². The van der Waals surface area contributed by atoms with Crippen molar-refractivity contribution in [2.75, 3.05) is 18.0 Å². The number of ether oxygens (including phenoxy) is 1. The fourth-order valence-corrected chi connectivity index (χ4v) is 5.58. The smallest absolute Gasteiger partial charge is 0.264 e. The summed E-state index contributed by atoms with van der Waals surface area (Å²) in [5.41, 5.74) is 2.49. The molecule has 0 aliphatic rings. The van der Waals surface area contributed by atoms with Crippen LogP contribution in [0.3, 0.4) is 0 Å². The number of benzene rings is 3. The predicted molar refractivity (Wildman–Crippen MR) is 158 cm³/mol. The molecule has 2 amide bonds. The number of sulfonamides is 1. The molecule has 0 fully saturated rings. The van der Waals surface area contributed by atoms with E-state index >= 15 is 0 Å². The van der Waals surface area contributed by atoms with E-state index in [4.69, 9.17) is 4.74 Å². The van der Waals surface area contributed by atoms with Crippen molar-refractivity contribution in [3.63, 3.8) is 0 Å². The Hall–Kier alpha value is -3.85. The van der Waals surface area contributed by atoms with Crippen LogP contribution in [0.25, 0.3) is 0 Å². The van der Waals surface area contributed by atoms with Gasteiger partial charge >= 0.3 is 0 Å². The first-order valence-electron chi connectivity index (χ1n) is 13.1. The van der Waals surface area contributed by atoms with Gasteiger partial charge in [0, 0.05) is 12.1 Å². The van der Waals surface area contributed by atoms with E-state index in [0.29, 0.717) is 11.4 Å². The minimum atomic E-state index is -4.11. The Kier molecular flexibility index (Phi) is 9.63. The summed E-state index contributed by atoms with van der Waals surface area (Å²) in [5, 5.41) is 2.93. The highest BCUT2D eigenvalue weighted by Crippen LogP contribution is 2.27. The first kappa shape index (κ1) is 30.7. The Labute approximate surface area is 238 Å². The highest BCUT2D eigenvalue weighted by Gasteiger charge is 2.33. The monoisotopic (exact) mass is 565 g/mol. The fraction of sp³-hybridized carbons (Fsp3) is 0.355. The topological polar surface area (TPSA) is 96.0 Å². The van der Waals surface area contributed by atoms with Gasteiger partial charge in [-0.25, -0.2) is 8.42 Å². The zero-order valence-electron chi connectivity index (χ0n) is 24.3. The zero-order valence-corrected chi connectivity index (χ0v) is 25.1. The van der Waals surface area contributed by atoms with Crippen molar-refractivity contribution in [2.24, 2.45) is 0 Å². The molecule has 0 spiro atoms. The van der Waals surface area contributed by atoms with Gasteiger partial charge in [0.2, 0.25) is 11.8 Å². The number of nitrogens with one attached hydrogen (secondary N) is 1. The molecule has 40 heavy (non-hydrogen) atoms. The Balaban J connectivity index is 2.06. The number of carbonyl (C=O) groups excluding carboxylic acids is 2. The molecule has 1 N–H and O–H groups in total. The molecule has 3 rings (SSSR count). The fourth-order valence-electron chi connectivity index (χ4n) is 4.15. The molecule has 0 saturated heterocycles. The van der Waals surface area contributed by atoms with E-state index in [1.807, 2.05) is 46.8 Å². The SMILES string of the molecule is COc1cccc(CN(C(=O)CN(c2ccc(C)c(C)c2)S(=O)(=O)c2ccccc2)C(C)C(=O)NC(C)(C)C)c1. The van der Waals surface area contributed by atoms with Gasteiger partial charge in [0.05, 0.1) is 17.7 Å². The Morgan fingerprint density at radius 2 is 1.60 bits per heavy atom. The van der Waals surface area contributed by atoms with Gasteiger partial charge in [-0.1, -0.05) is 36.4 Å². The first-order chi connectivity index (χ1) is 18.7. The van der Waals surface area contributed by atoms with Crippen molar-refractivity contribution in [1.29, 1.82) is 0 Å². The van der Waals surface area contributed by atoms with Gasteiger partial charge in [-0.3, -0.25) is 13.9 Å². The molecule has 3 aromatic rings. The number of anilines is 1. The van der Waals surface area contributed by atoms with E-state index in [0.717, 1.165) is 21.0 Å². The summed E-state index contributed by atoms with van der Waals surface area (Å²) < 4.78 is 34.2. The average Bonchev–Trinajstić information content (AvgIpc) is 2.91. The number of methoxy groups -OCH3 is 1. The molecule has 8 nitrogen and oxygen atoms in total. The molecule has 0 heterocycles. The van der Waals surface area contributed by atoms with Gasteiger partial charge in [0.25, 0.3) is 10.0 Å². The minimum absolute atomic E-state index is 0.0684. The van der Waals surface area contributed by atoms with E-state index in [1.54, 1.807) is 62.6 Å². The van der Waals surface area contributed by atoms with Crippen LogP contribution in [0.1, 0.15) is 44.4 Å². The van der Waals surface area contributed by atoms with Crippen molar-refractivity contribution >= 4 is 27.5 Å². The number of amides is 2. The number of hydrogen-bond acceptors (Lipinski definition) is 5. The van der Waals surface area contributed by atoms with E-state index in [9.17, 15) is 18.0 Å². The van der Waals surface area contributed by atoms with Crippen LogP contribution in [0.5, 0.6) is 5.75 Å². The number of carbonyl (C=O) groups is 2. The van der Waals surface area contributed by atoms with Crippen LogP contribution in [0.4, 0.5) is 5.69 Å². The maximum absolute atomic E-state index is 14.0. The van der Waals surface area contributed by atoms with Gasteiger partial charge in [-0.05, 0) is 94.6 Å². The van der Waals surface area contributed by atoms with E-state index in [-0.39, 0.29) is 17.3 Å². The van der Waals surface area contributed by atoms with Gasteiger partial charge in [0.1, 0.15) is 18.3 Å². The molecule has 0 aliphatic carbocycles. The summed E-state index contributed by atoms with van der Waals surface area (Å²) >= 11 is 0. The van der Waals surface area contributed by atoms with Crippen LogP contribution < -0.4 is 14.4 Å². The van der Waals surface area contributed by atoms with Gasteiger partial charge in [-0.2, -0.15) is 0 Å². The minimum Gasteiger partial charge on any atom is -0.497 e. The highest BCUT2D eigenvalue weighted by molar-refractivity contribution is 7.92. The molecule has 0 bridgehead atoms. The second-order valence-corrected chi connectivity index (χ2v) is 12.7. The van der Waals surface area contributed by atoms with E-state index in [2.05, 4.69) is 5.32 Å². The van der Waals surface area contributed by atoms with Gasteiger partial charge in [-0.15, -0.1) is 0 Å². The normalized spacial score (nSPS) is 12.4. The summed E-state index contributed by atoms with van der Waals surface area (Å²) in [7, 11) is -2.55. The van der Waals surface area contributed by atoms with Crippen molar-refractivity contribution < 1.29 is 22.7 Å². The first-order valence-corrected chi connectivity index (χ1v) is 14.6. The molecule has 0 saturated carbocycles. The summed E-state index contributed by atoms with van der Waals surface area (Å²) in [6.45, 7) is 10.6. The molecule has 0 radical (unpaired) electrons.